The Hall–Kier alpha value is -3.67. The third-order valence-electron chi connectivity index (χ3n) is 9.09. The zero-order valence-electron chi connectivity index (χ0n) is 23.3. The van der Waals surface area contributed by atoms with Crippen molar-refractivity contribution in [3.63, 3.8) is 0 Å². The second kappa shape index (κ2) is 9.17. The van der Waals surface area contributed by atoms with Crippen molar-refractivity contribution in [2.45, 2.75) is 77.9 Å². The monoisotopic (exact) mass is 565 g/mol. The largest absolute Gasteiger partial charge is 0.458 e. The lowest BCUT2D eigenvalue weighted by atomic mass is 9.81. The summed E-state index contributed by atoms with van der Waals surface area (Å²) in [6.45, 7) is 5.93. The summed E-state index contributed by atoms with van der Waals surface area (Å²) >= 11 is 0. The van der Waals surface area contributed by atoms with Crippen LogP contribution in [0.25, 0.3) is 22.3 Å². The molecule has 0 saturated carbocycles. The lowest BCUT2D eigenvalue weighted by Crippen LogP contribution is -2.47. The smallest absolute Gasteiger partial charge is 0.343 e. The van der Waals surface area contributed by atoms with Crippen LogP contribution < -0.4 is 10.9 Å². The number of pyridine rings is 2. The maximum Gasteiger partial charge on any atom is 0.343 e. The molecule has 2 aliphatic heterocycles. The Morgan fingerprint density at radius 1 is 1.29 bits per heavy atom. The highest BCUT2D eigenvalue weighted by Gasteiger charge is 2.46. The topological polar surface area (TPSA) is 151 Å². The fraction of sp³-hybridized carbons (Fsp3) is 0.467. The van der Waals surface area contributed by atoms with E-state index in [4.69, 9.17) is 9.72 Å². The molecule has 0 radical (unpaired) electrons. The lowest BCUT2D eigenvalue weighted by Gasteiger charge is -2.33. The van der Waals surface area contributed by atoms with E-state index >= 15 is 4.39 Å². The number of halogens is 1. The number of fused-ring (bicyclic) bond motifs is 5. The fourth-order valence-electron chi connectivity index (χ4n) is 6.39. The summed E-state index contributed by atoms with van der Waals surface area (Å²) in [5.41, 5.74) is 0.612. The van der Waals surface area contributed by atoms with E-state index in [1.54, 1.807) is 33.8 Å². The van der Waals surface area contributed by atoms with Crippen LogP contribution in [-0.4, -0.2) is 49.5 Å². The first kappa shape index (κ1) is 27.5. The number of nitrogens with one attached hydrogen (secondary N) is 1. The van der Waals surface area contributed by atoms with Crippen molar-refractivity contribution in [3.05, 3.63) is 61.7 Å². The number of carbonyl (C=O) groups is 2. The highest BCUT2D eigenvalue weighted by atomic mass is 19.1. The van der Waals surface area contributed by atoms with Gasteiger partial charge >= 0.3 is 5.97 Å². The van der Waals surface area contributed by atoms with Gasteiger partial charge in [-0.3, -0.25) is 9.59 Å². The number of benzene rings is 1. The number of rotatable bonds is 5. The highest BCUT2D eigenvalue weighted by Crippen LogP contribution is 2.46. The minimum atomic E-state index is -1.99. The van der Waals surface area contributed by atoms with Crippen LogP contribution in [-0.2, 0) is 39.5 Å². The van der Waals surface area contributed by atoms with Gasteiger partial charge in [0.25, 0.3) is 5.56 Å². The van der Waals surface area contributed by atoms with Crippen LogP contribution in [0.1, 0.15) is 73.0 Å². The van der Waals surface area contributed by atoms with Crippen molar-refractivity contribution in [1.82, 2.24) is 14.9 Å². The van der Waals surface area contributed by atoms with Crippen LogP contribution in [0.5, 0.6) is 0 Å². The van der Waals surface area contributed by atoms with Crippen LogP contribution in [0.4, 0.5) is 4.39 Å². The van der Waals surface area contributed by atoms with E-state index in [-0.39, 0.29) is 30.7 Å². The van der Waals surface area contributed by atoms with Crippen molar-refractivity contribution in [2.75, 3.05) is 6.61 Å². The number of esters is 1. The molecule has 2 aromatic heterocycles. The van der Waals surface area contributed by atoms with Crippen molar-refractivity contribution in [1.29, 1.82) is 0 Å². The third-order valence-corrected chi connectivity index (χ3v) is 9.09. The minimum absolute atomic E-state index is 0.000545. The van der Waals surface area contributed by atoms with Crippen molar-refractivity contribution in [3.8, 4) is 11.4 Å². The van der Waals surface area contributed by atoms with Gasteiger partial charge in [0.2, 0.25) is 5.91 Å². The van der Waals surface area contributed by atoms with Gasteiger partial charge in [-0.2, -0.15) is 0 Å². The minimum Gasteiger partial charge on any atom is -0.458 e. The van der Waals surface area contributed by atoms with Crippen LogP contribution in [0, 0.1) is 18.2 Å². The van der Waals surface area contributed by atoms with Gasteiger partial charge < -0.3 is 29.9 Å². The van der Waals surface area contributed by atoms with Gasteiger partial charge in [0.1, 0.15) is 18.5 Å². The average molecular weight is 566 g/mol. The number of aryl methyl sites for hydroxylation is 1. The summed E-state index contributed by atoms with van der Waals surface area (Å²) in [4.78, 5) is 44.2. The molecule has 0 saturated heterocycles. The third kappa shape index (κ3) is 3.79. The summed E-state index contributed by atoms with van der Waals surface area (Å²) in [6, 6.07) is 2.35. The van der Waals surface area contributed by atoms with E-state index in [1.165, 1.54) is 10.6 Å². The Bertz CT molecular complexity index is 1730. The molecule has 10 nitrogen and oxygen atoms in total. The summed E-state index contributed by atoms with van der Waals surface area (Å²) in [5, 5.41) is 35.2. The first-order chi connectivity index (χ1) is 19.3. The maximum atomic E-state index is 15.1. The van der Waals surface area contributed by atoms with Crippen molar-refractivity contribution in [2.24, 2.45) is 5.41 Å². The Kier molecular flexibility index (Phi) is 6.15. The van der Waals surface area contributed by atoms with E-state index in [9.17, 15) is 29.7 Å². The van der Waals surface area contributed by atoms with Gasteiger partial charge in [-0.05, 0) is 48.9 Å². The SMILES string of the molecule is CC[C@@]1(O)C(=O)OCc2c1cc1n(c2=O)Cc2c-1nc1cc(F)c(C)c3c1c2[C@@H](NC(=O)[C@H](O)C(C)(C)CO)CC3. The number of hydrogen-bond donors (Lipinski definition) is 4. The Morgan fingerprint density at radius 3 is 2.71 bits per heavy atom. The standard InChI is InChI=1S/C30H32FN3O7/c1-5-30(40)17-8-21-24-15(10-34(21)27(38)16(17)11-41-28(30)39)23-19(33-26(37)25(36)29(3,4)12-35)7-6-14-13(2)18(31)9-20(32-24)22(14)23/h8-9,19,25,35-36,40H,5-7,10-12H2,1-4H3,(H,33,37)/t19-,25-,30-/m0/s1. The molecule has 1 aromatic carbocycles. The molecule has 1 amide bonds. The molecule has 4 heterocycles. The fourth-order valence-corrected chi connectivity index (χ4v) is 6.39. The van der Waals surface area contributed by atoms with Gasteiger partial charge in [0.15, 0.2) is 5.60 Å². The molecular weight excluding hydrogens is 533 g/mol. The second-order valence-corrected chi connectivity index (χ2v) is 12.0. The molecule has 41 heavy (non-hydrogen) atoms. The molecule has 0 bridgehead atoms. The van der Waals surface area contributed by atoms with E-state index in [1.807, 2.05) is 0 Å². The Balaban J connectivity index is 1.58. The number of nitrogens with zero attached hydrogens (tertiary/aromatic N) is 2. The first-order valence-corrected chi connectivity index (χ1v) is 13.7. The molecule has 1 aliphatic carbocycles. The summed E-state index contributed by atoms with van der Waals surface area (Å²) in [6.07, 6.45) is -0.604. The van der Waals surface area contributed by atoms with E-state index in [0.717, 1.165) is 5.56 Å². The molecule has 3 aliphatic rings. The van der Waals surface area contributed by atoms with Gasteiger partial charge in [-0.25, -0.2) is 14.2 Å². The number of aliphatic hydroxyl groups is 3. The van der Waals surface area contributed by atoms with Gasteiger partial charge in [0, 0.05) is 28.0 Å². The normalized spacial score (nSPS) is 21.7. The molecule has 3 atom stereocenters. The number of carbonyl (C=O) groups excluding carboxylic acids is 2. The molecule has 11 heteroatoms. The summed E-state index contributed by atoms with van der Waals surface area (Å²) < 4.78 is 21.7. The van der Waals surface area contributed by atoms with E-state index in [2.05, 4.69) is 5.32 Å². The number of amides is 1. The van der Waals surface area contributed by atoms with Crippen LogP contribution in [0.15, 0.2) is 16.9 Å². The maximum absolute atomic E-state index is 15.1. The van der Waals surface area contributed by atoms with Gasteiger partial charge in [0.05, 0.1) is 41.7 Å². The number of ether oxygens (including phenoxy) is 1. The molecule has 0 spiro atoms. The number of aromatic nitrogens is 2. The summed E-state index contributed by atoms with van der Waals surface area (Å²) in [5.74, 6) is -1.90. The number of cyclic esters (lactones) is 1. The number of aliphatic hydroxyl groups excluding tert-OH is 2. The molecule has 3 aromatic rings. The highest BCUT2D eigenvalue weighted by molar-refractivity contribution is 5.94. The van der Waals surface area contributed by atoms with Crippen LogP contribution in [0.2, 0.25) is 0 Å². The summed E-state index contributed by atoms with van der Waals surface area (Å²) in [7, 11) is 0. The molecule has 4 N–H and O–H groups in total. The van der Waals surface area contributed by atoms with Crippen LogP contribution in [0.3, 0.4) is 0 Å². The molecular formula is C30H32FN3O7. The van der Waals surface area contributed by atoms with Crippen LogP contribution >= 0.6 is 0 Å². The zero-order chi connectivity index (χ0) is 29.6. The average Bonchev–Trinajstić information content (AvgIpc) is 3.32. The van der Waals surface area contributed by atoms with Crippen molar-refractivity contribution >= 4 is 22.8 Å². The van der Waals surface area contributed by atoms with Crippen molar-refractivity contribution < 1.29 is 34.0 Å². The molecule has 0 unspecified atom stereocenters. The predicted octanol–water partition coefficient (Wildman–Crippen LogP) is 2.01. The van der Waals surface area contributed by atoms with E-state index < -0.39 is 53.0 Å². The Morgan fingerprint density at radius 2 is 2.02 bits per heavy atom. The van der Waals surface area contributed by atoms with E-state index in [0.29, 0.717) is 51.8 Å². The second-order valence-electron chi connectivity index (χ2n) is 12.0. The molecule has 0 fully saturated rings. The lowest BCUT2D eigenvalue weighted by molar-refractivity contribution is -0.172. The van der Waals surface area contributed by atoms with Gasteiger partial charge in [-0.1, -0.05) is 20.8 Å². The van der Waals surface area contributed by atoms with Gasteiger partial charge in [-0.15, -0.1) is 0 Å². The number of hydrogen-bond acceptors (Lipinski definition) is 8. The predicted molar refractivity (Wildman–Crippen MR) is 145 cm³/mol. The molecule has 216 valence electrons. The first-order valence-electron chi connectivity index (χ1n) is 13.7. The Labute approximate surface area is 234 Å². The molecule has 6 rings (SSSR count). The zero-order valence-corrected chi connectivity index (χ0v) is 23.3. The quantitative estimate of drug-likeness (QED) is 0.268.